The van der Waals surface area contributed by atoms with Gasteiger partial charge in [0, 0.05) is 18.7 Å². The normalized spacial score (nSPS) is 17.9. The molecule has 0 spiro atoms. The average molecular weight is 441 g/mol. The first-order valence-corrected chi connectivity index (χ1v) is 10.7. The number of aliphatic hydroxyl groups excluding tert-OH is 1. The Morgan fingerprint density at radius 2 is 1.84 bits per heavy atom. The van der Waals surface area contributed by atoms with E-state index in [9.17, 15) is 19.1 Å². The monoisotopic (exact) mass is 440 g/mol. The summed E-state index contributed by atoms with van der Waals surface area (Å²) in [5.41, 5.74) is 1.32. The molecule has 1 saturated heterocycles. The number of likely N-dealkylation sites (tertiary alicyclic amines) is 1. The smallest absolute Gasteiger partial charge is 0.295 e. The van der Waals surface area contributed by atoms with Crippen LogP contribution in [0.15, 0.2) is 48.0 Å². The van der Waals surface area contributed by atoms with Gasteiger partial charge in [-0.05, 0) is 68.9 Å². The lowest BCUT2D eigenvalue weighted by molar-refractivity contribution is -0.140. The van der Waals surface area contributed by atoms with Crippen LogP contribution >= 0.6 is 0 Å². The Kier molecular flexibility index (Phi) is 7.30. The summed E-state index contributed by atoms with van der Waals surface area (Å²) in [7, 11) is 3.76. The van der Waals surface area contributed by atoms with E-state index in [0.29, 0.717) is 42.1 Å². The minimum atomic E-state index is -0.750. The highest BCUT2D eigenvalue weighted by molar-refractivity contribution is 6.46. The first kappa shape index (κ1) is 23.5. The Labute approximate surface area is 187 Å². The molecule has 0 bridgehead atoms. The minimum Gasteiger partial charge on any atom is -0.507 e. The van der Waals surface area contributed by atoms with Crippen LogP contribution in [-0.2, 0) is 9.59 Å². The Balaban J connectivity index is 2.09. The van der Waals surface area contributed by atoms with Gasteiger partial charge in [0.2, 0.25) is 0 Å². The largest absolute Gasteiger partial charge is 0.507 e. The number of carbonyl (C=O) groups excluding carboxylic acids is 2. The highest BCUT2D eigenvalue weighted by Crippen LogP contribution is 2.39. The van der Waals surface area contributed by atoms with Gasteiger partial charge >= 0.3 is 0 Å². The van der Waals surface area contributed by atoms with Gasteiger partial charge in [-0.3, -0.25) is 9.59 Å². The maximum Gasteiger partial charge on any atom is 0.295 e. The third-order valence-electron chi connectivity index (χ3n) is 5.43. The van der Waals surface area contributed by atoms with Crippen LogP contribution in [0.1, 0.15) is 36.1 Å². The molecule has 1 aliphatic heterocycles. The Hall–Kier alpha value is -3.19. The van der Waals surface area contributed by atoms with E-state index >= 15 is 0 Å². The van der Waals surface area contributed by atoms with Gasteiger partial charge in [0.1, 0.15) is 17.3 Å². The SMILES string of the molecule is CCCOc1ccc(C2/C(=C(/O)c3ccc(F)c(C)c3)C(=O)C(=O)N2CCN(C)C)cc1. The van der Waals surface area contributed by atoms with Gasteiger partial charge < -0.3 is 19.6 Å². The number of ketones is 1. The van der Waals surface area contributed by atoms with Gasteiger partial charge in [-0.25, -0.2) is 4.39 Å². The summed E-state index contributed by atoms with van der Waals surface area (Å²) in [6.45, 7) is 5.05. The van der Waals surface area contributed by atoms with Crippen LogP contribution in [-0.4, -0.2) is 60.4 Å². The number of nitrogens with zero attached hydrogens (tertiary/aromatic N) is 2. The van der Waals surface area contributed by atoms with Crippen LogP contribution in [0.5, 0.6) is 5.75 Å². The Morgan fingerprint density at radius 1 is 1.16 bits per heavy atom. The number of halogens is 1. The zero-order valence-corrected chi connectivity index (χ0v) is 18.9. The van der Waals surface area contributed by atoms with E-state index in [-0.39, 0.29) is 11.3 Å². The molecule has 1 amide bonds. The second kappa shape index (κ2) is 9.96. The predicted molar refractivity (Wildman–Crippen MR) is 121 cm³/mol. The van der Waals surface area contributed by atoms with Crippen molar-refractivity contribution in [1.29, 1.82) is 0 Å². The van der Waals surface area contributed by atoms with Crippen molar-refractivity contribution >= 4 is 17.4 Å². The molecule has 0 radical (unpaired) electrons. The summed E-state index contributed by atoms with van der Waals surface area (Å²) in [6.07, 6.45) is 0.879. The van der Waals surface area contributed by atoms with E-state index in [4.69, 9.17) is 4.74 Å². The summed E-state index contributed by atoms with van der Waals surface area (Å²) in [4.78, 5) is 29.3. The third kappa shape index (κ3) is 4.83. The first-order chi connectivity index (χ1) is 15.2. The molecule has 32 heavy (non-hydrogen) atoms. The Bertz CT molecular complexity index is 1030. The summed E-state index contributed by atoms with van der Waals surface area (Å²) in [5.74, 6) is -1.44. The van der Waals surface area contributed by atoms with E-state index in [0.717, 1.165) is 6.42 Å². The number of benzene rings is 2. The highest BCUT2D eigenvalue weighted by Gasteiger charge is 2.45. The second-order valence-electron chi connectivity index (χ2n) is 8.18. The topological polar surface area (TPSA) is 70.1 Å². The van der Waals surface area contributed by atoms with E-state index in [2.05, 4.69) is 0 Å². The van der Waals surface area contributed by atoms with Crippen molar-refractivity contribution in [2.24, 2.45) is 0 Å². The van der Waals surface area contributed by atoms with Crippen molar-refractivity contribution in [3.8, 4) is 5.75 Å². The molecule has 2 aromatic carbocycles. The maximum atomic E-state index is 13.7. The number of likely N-dealkylation sites (N-methyl/N-ethyl adjacent to an activating group) is 1. The lowest BCUT2D eigenvalue weighted by Crippen LogP contribution is -2.35. The molecule has 1 heterocycles. The van der Waals surface area contributed by atoms with Crippen molar-refractivity contribution in [2.45, 2.75) is 26.3 Å². The molecule has 7 heteroatoms. The third-order valence-corrected chi connectivity index (χ3v) is 5.43. The second-order valence-corrected chi connectivity index (χ2v) is 8.18. The van der Waals surface area contributed by atoms with Gasteiger partial charge in [-0.1, -0.05) is 19.1 Å². The summed E-state index contributed by atoms with van der Waals surface area (Å²) in [6, 6.07) is 10.5. The van der Waals surface area contributed by atoms with Gasteiger partial charge in [0.05, 0.1) is 18.2 Å². The van der Waals surface area contributed by atoms with Gasteiger partial charge in [0.15, 0.2) is 0 Å². The van der Waals surface area contributed by atoms with Crippen molar-refractivity contribution in [3.05, 3.63) is 70.5 Å². The van der Waals surface area contributed by atoms with Crippen molar-refractivity contribution < 1.29 is 23.8 Å². The molecular weight excluding hydrogens is 411 g/mol. The molecule has 0 saturated carbocycles. The summed E-state index contributed by atoms with van der Waals surface area (Å²) >= 11 is 0. The highest BCUT2D eigenvalue weighted by atomic mass is 19.1. The number of amides is 1. The molecule has 3 rings (SSSR count). The number of rotatable bonds is 8. The zero-order valence-electron chi connectivity index (χ0n) is 18.9. The van der Waals surface area contributed by atoms with Crippen molar-refractivity contribution in [1.82, 2.24) is 9.80 Å². The average Bonchev–Trinajstić information content (AvgIpc) is 3.02. The standard InChI is InChI=1S/C25H29FN2O4/c1-5-14-32-19-9-6-17(7-10-19)22-21(23(29)18-8-11-20(26)16(2)15-18)24(30)25(31)28(22)13-12-27(3)4/h6-11,15,22,29H,5,12-14H2,1-4H3/b23-21-. The molecule has 1 fully saturated rings. The quantitative estimate of drug-likeness (QED) is 0.383. The minimum absolute atomic E-state index is 0.00184. The fourth-order valence-electron chi connectivity index (χ4n) is 3.68. The molecule has 1 atom stereocenters. The van der Waals surface area contributed by atoms with Crippen LogP contribution in [0.4, 0.5) is 4.39 Å². The van der Waals surface area contributed by atoms with Crippen molar-refractivity contribution in [3.63, 3.8) is 0 Å². The first-order valence-electron chi connectivity index (χ1n) is 10.7. The number of carbonyl (C=O) groups is 2. The molecule has 1 unspecified atom stereocenters. The lowest BCUT2D eigenvalue weighted by Gasteiger charge is -2.26. The number of ether oxygens (including phenoxy) is 1. The van der Waals surface area contributed by atoms with Gasteiger partial charge in [0.25, 0.3) is 11.7 Å². The number of hydrogen-bond acceptors (Lipinski definition) is 5. The molecule has 0 aliphatic carbocycles. The molecule has 6 nitrogen and oxygen atoms in total. The maximum absolute atomic E-state index is 13.7. The van der Waals surface area contributed by atoms with E-state index in [1.807, 2.05) is 25.9 Å². The van der Waals surface area contributed by atoms with Crippen LogP contribution < -0.4 is 4.74 Å². The van der Waals surface area contributed by atoms with E-state index in [1.54, 1.807) is 31.2 Å². The molecular formula is C25H29FN2O4. The number of hydrogen-bond donors (Lipinski definition) is 1. The predicted octanol–water partition coefficient (Wildman–Crippen LogP) is 3.91. The molecule has 0 aromatic heterocycles. The number of Topliss-reactive ketones (excluding diaryl/α,β-unsaturated/α-hetero) is 1. The van der Waals surface area contributed by atoms with Crippen LogP contribution in [0.3, 0.4) is 0 Å². The summed E-state index contributed by atoms with van der Waals surface area (Å²) < 4.78 is 19.4. The number of aliphatic hydroxyl groups is 1. The van der Waals surface area contributed by atoms with E-state index < -0.39 is 23.5 Å². The van der Waals surface area contributed by atoms with E-state index in [1.165, 1.54) is 23.1 Å². The summed E-state index contributed by atoms with van der Waals surface area (Å²) in [5, 5.41) is 11.0. The zero-order chi connectivity index (χ0) is 23.4. The lowest BCUT2D eigenvalue weighted by atomic mass is 9.94. The molecule has 170 valence electrons. The fraction of sp³-hybridized carbons (Fsp3) is 0.360. The van der Waals surface area contributed by atoms with Gasteiger partial charge in [-0.15, -0.1) is 0 Å². The van der Waals surface area contributed by atoms with Gasteiger partial charge in [-0.2, -0.15) is 0 Å². The molecule has 1 N–H and O–H groups in total. The Morgan fingerprint density at radius 3 is 2.44 bits per heavy atom. The fourth-order valence-corrected chi connectivity index (χ4v) is 3.68. The molecule has 1 aliphatic rings. The van der Waals surface area contributed by atoms with Crippen LogP contribution in [0.2, 0.25) is 0 Å². The van der Waals surface area contributed by atoms with Crippen LogP contribution in [0, 0.1) is 12.7 Å². The molecule has 2 aromatic rings. The number of aryl methyl sites for hydroxylation is 1. The van der Waals surface area contributed by atoms with Crippen LogP contribution in [0.25, 0.3) is 5.76 Å². The van der Waals surface area contributed by atoms with Crippen molar-refractivity contribution in [2.75, 3.05) is 33.8 Å².